The molecule has 2 saturated carbocycles. The summed E-state index contributed by atoms with van der Waals surface area (Å²) in [6, 6.07) is 17.9. The minimum atomic E-state index is -0.273. The van der Waals surface area contributed by atoms with Gasteiger partial charge in [-0.15, -0.1) is 0 Å². The highest BCUT2D eigenvalue weighted by Gasteiger charge is 2.35. The summed E-state index contributed by atoms with van der Waals surface area (Å²) in [4.78, 5) is 18.9. The number of imidazole rings is 1. The Morgan fingerprint density at radius 2 is 1.62 bits per heavy atom. The van der Waals surface area contributed by atoms with E-state index in [1.54, 1.807) is 0 Å². The lowest BCUT2D eigenvalue weighted by Crippen LogP contribution is -3.00. The van der Waals surface area contributed by atoms with E-state index in [0.717, 1.165) is 48.1 Å². The van der Waals surface area contributed by atoms with Gasteiger partial charge in [0.25, 0.3) is 0 Å². The van der Waals surface area contributed by atoms with Crippen molar-refractivity contribution in [1.29, 1.82) is 5.26 Å². The minimum absolute atomic E-state index is 0. The third kappa shape index (κ3) is 4.98. The molecule has 6 heteroatoms. The summed E-state index contributed by atoms with van der Waals surface area (Å²) in [6.07, 6.45) is 11.6. The highest BCUT2D eigenvalue weighted by atomic mass is 35.5. The van der Waals surface area contributed by atoms with E-state index in [9.17, 15) is 10.1 Å². The number of benzene rings is 2. The van der Waals surface area contributed by atoms with Gasteiger partial charge in [0, 0.05) is 11.6 Å². The highest BCUT2D eigenvalue weighted by molar-refractivity contribution is 5.87. The molecule has 5 nitrogen and oxygen atoms in total. The zero-order valence-electron chi connectivity index (χ0n) is 20.5. The molecule has 3 aromatic rings. The molecule has 0 aliphatic heterocycles. The van der Waals surface area contributed by atoms with Crippen LogP contribution in [0.25, 0.3) is 22.4 Å². The predicted molar refractivity (Wildman–Crippen MR) is 132 cm³/mol. The van der Waals surface area contributed by atoms with E-state index in [1.165, 1.54) is 38.5 Å². The van der Waals surface area contributed by atoms with Crippen LogP contribution in [0.2, 0.25) is 0 Å². The van der Waals surface area contributed by atoms with Crippen molar-refractivity contribution in [2.24, 2.45) is 5.92 Å². The highest BCUT2D eigenvalue weighted by Crippen LogP contribution is 2.38. The van der Waals surface area contributed by atoms with Gasteiger partial charge in [-0.2, -0.15) is 5.26 Å². The van der Waals surface area contributed by atoms with Crippen LogP contribution in [0.5, 0.6) is 0 Å². The van der Waals surface area contributed by atoms with Gasteiger partial charge >= 0.3 is 1.43 Å². The summed E-state index contributed by atoms with van der Waals surface area (Å²) in [5.41, 5.74) is 3.48. The normalized spacial score (nSPS) is 18.1. The van der Waals surface area contributed by atoms with E-state index in [0.29, 0.717) is 11.5 Å². The second kappa shape index (κ2) is 11.1. The van der Waals surface area contributed by atoms with E-state index >= 15 is 0 Å². The van der Waals surface area contributed by atoms with Crippen LogP contribution in [0.3, 0.4) is 0 Å². The van der Waals surface area contributed by atoms with Gasteiger partial charge in [0.05, 0.1) is 22.7 Å². The molecule has 1 N–H and O–H groups in total. The van der Waals surface area contributed by atoms with Crippen LogP contribution in [0.15, 0.2) is 48.5 Å². The van der Waals surface area contributed by atoms with Gasteiger partial charge in [-0.3, -0.25) is 4.79 Å². The molecule has 1 atom stereocenters. The minimum Gasteiger partial charge on any atom is -1.00 e. The number of nitriles is 1. The van der Waals surface area contributed by atoms with Gasteiger partial charge in [-0.25, -0.2) is 4.98 Å². The summed E-state index contributed by atoms with van der Waals surface area (Å²) in [7, 11) is 0. The van der Waals surface area contributed by atoms with Crippen LogP contribution in [-0.4, -0.2) is 21.5 Å². The SMILES string of the molecule is N#Cc1ccc(-c2nc3ccccc3n2C(C(=O)NC2CCCCC2)C2CCCCC2)cc1.[Cl-].[H+]. The molecule has 178 valence electrons. The Labute approximate surface area is 209 Å². The number of hydrogen-bond donors (Lipinski definition) is 1. The summed E-state index contributed by atoms with van der Waals surface area (Å²) in [6.45, 7) is 0. The van der Waals surface area contributed by atoms with E-state index in [-0.39, 0.29) is 31.8 Å². The first-order chi connectivity index (χ1) is 16.2. The molecule has 1 heterocycles. The molecule has 1 aromatic heterocycles. The number of carbonyl (C=O) groups excluding carboxylic acids is 1. The predicted octanol–water partition coefficient (Wildman–Crippen LogP) is 3.26. The van der Waals surface area contributed by atoms with E-state index < -0.39 is 0 Å². The third-order valence-corrected chi connectivity index (χ3v) is 7.46. The molecule has 0 bridgehead atoms. The molecule has 34 heavy (non-hydrogen) atoms. The third-order valence-electron chi connectivity index (χ3n) is 7.46. The molecule has 0 radical (unpaired) electrons. The second-order valence-electron chi connectivity index (χ2n) is 9.67. The van der Waals surface area contributed by atoms with Crippen molar-refractivity contribution < 1.29 is 18.6 Å². The molecule has 0 saturated heterocycles. The fraction of sp³-hybridized carbons (Fsp3) is 0.464. The van der Waals surface area contributed by atoms with Crippen molar-refractivity contribution in [3.05, 3.63) is 54.1 Å². The molecule has 2 aromatic carbocycles. The van der Waals surface area contributed by atoms with Crippen LogP contribution >= 0.6 is 0 Å². The van der Waals surface area contributed by atoms with Crippen molar-refractivity contribution in [3.8, 4) is 17.5 Å². The van der Waals surface area contributed by atoms with Crippen LogP contribution in [0, 0.1) is 17.2 Å². The topological polar surface area (TPSA) is 70.7 Å². The number of para-hydroxylation sites is 2. The zero-order chi connectivity index (χ0) is 22.6. The summed E-state index contributed by atoms with van der Waals surface area (Å²) in [5.74, 6) is 1.26. The largest absolute Gasteiger partial charge is 1.00 e. The number of hydrogen-bond acceptors (Lipinski definition) is 3. The molecule has 2 aliphatic rings. The van der Waals surface area contributed by atoms with Gasteiger partial charge in [0.2, 0.25) is 5.91 Å². The van der Waals surface area contributed by atoms with E-state index in [2.05, 4.69) is 22.0 Å². The number of rotatable bonds is 5. The summed E-state index contributed by atoms with van der Waals surface area (Å²) in [5, 5.41) is 12.7. The molecule has 2 aliphatic carbocycles. The van der Waals surface area contributed by atoms with Crippen LogP contribution in [0.4, 0.5) is 0 Å². The Kier molecular flexibility index (Phi) is 7.90. The maximum atomic E-state index is 13.9. The Hall–Kier alpha value is -2.84. The molecular weight excluding hydrogens is 444 g/mol. The fourth-order valence-corrected chi connectivity index (χ4v) is 5.75. The van der Waals surface area contributed by atoms with Crippen molar-refractivity contribution in [2.75, 3.05) is 0 Å². The Bertz CT molecular complexity index is 1160. The lowest BCUT2D eigenvalue weighted by molar-refractivity contribution is -0.127. The monoisotopic (exact) mass is 476 g/mol. The maximum Gasteiger partial charge on any atom is 1.00 e. The number of amides is 1. The maximum absolute atomic E-state index is 13.9. The van der Waals surface area contributed by atoms with Crippen molar-refractivity contribution in [1.82, 2.24) is 14.9 Å². The van der Waals surface area contributed by atoms with Crippen LogP contribution < -0.4 is 17.7 Å². The van der Waals surface area contributed by atoms with Gasteiger partial charge < -0.3 is 22.3 Å². The first-order valence-electron chi connectivity index (χ1n) is 12.5. The standard InChI is InChI=1S/C28H32N4O.ClH/c29-19-20-15-17-22(18-16-20)27-31-24-13-7-8-14-25(24)32(27)26(21-9-3-1-4-10-21)28(33)30-23-11-5-2-6-12-23;/h7-8,13-18,21,23,26H,1-6,9-12H2,(H,30,33);1H. The Morgan fingerprint density at radius 3 is 2.29 bits per heavy atom. The van der Waals surface area contributed by atoms with Crippen molar-refractivity contribution >= 4 is 16.9 Å². The molecule has 1 amide bonds. The van der Waals surface area contributed by atoms with Crippen molar-refractivity contribution in [2.45, 2.75) is 76.3 Å². The fourth-order valence-electron chi connectivity index (χ4n) is 5.75. The Morgan fingerprint density at radius 1 is 0.971 bits per heavy atom. The lowest BCUT2D eigenvalue weighted by Gasteiger charge is -2.33. The molecule has 0 spiro atoms. The number of nitrogens with zero attached hydrogens (tertiary/aromatic N) is 3. The Balaban J connectivity index is 0.00000171. The van der Waals surface area contributed by atoms with Gasteiger partial charge in [0.15, 0.2) is 0 Å². The summed E-state index contributed by atoms with van der Waals surface area (Å²) >= 11 is 0. The first kappa shape index (κ1) is 24.3. The number of aromatic nitrogens is 2. The van der Waals surface area contributed by atoms with Gasteiger partial charge in [-0.1, -0.05) is 50.7 Å². The van der Waals surface area contributed by atoms with Gasteiger partial charge in [0.1, 0.15) is 11.9 Å². The van der Waals surface area contributed by atoms with E-state index in [1.807, 2.05) is 42.5 Å². The molecule has 1 unspecified atom stereocenters. The average molecular weight is 477 g/mol. The quantitative estimate of drug-likeness (QED) is 0.614. The molecule has 2 fully saturated rings. The average Bonchev–Trinajstić information content (AvgIpc) is 3.25. The molecule has 5 rings (SSSR count). The number of nitrogens with one attached hydrogen (secondary N) is 1. The summed E-state index contributed by atoms with van der Waals surface area (Å²) < 4.78 is 2.20. The van der Waals surface area contributed by atoms with Crippen LogP contribution in [-0.2, 0) is 4.79 Å². The van der Waals surface area contributed by atoms with E-state index in [4.69, 9.17) is 4.98 Å². The number of carbonyl (C=O) groups is 1. The number of fused-ring (bicyclic) bond motifs is 1. The smallest absolute Gasteiger partial charge is 1.00 e. The van der Waals surface area contributed by atoms with Crippen LogP contribution in [0.1, 0.15) is 77.2 Å². The zero-order valence-corrected chi connectivity index (χ0v) is 20.3. The van der Waals surface area contributed by atoms with Crippen molar-refractivity contribution in [3.63, 3.8) is 0 Å². The first-order valence-corrected chi connectivity index (χ1v) is 12.5. The molecular formula is C28H33ClN4O. The number of halogens is 1. The van der Waals surface area contributed by atoms with Gasteiger partial charge in [-0.05, 0) is 68.0 Å². The lowest BCUT2D eigenvalue weighted by atomic mass is 9.82. The second-order valence-corrected chi connectivity index (χ2v) is 9.67.